The number of aromatic nitrogens is 2. The number of carbonyl (C=O) groups excluding carboxylic acids is 1. The molecule has 1 aliphatic heterocycles. The van der Waals surface area contributed by atoms with Crippen molar-refractivity contribution in [2.45, 2.75) is 51.0 Å². The second-order valence-electron chi connectivity index (χ2n) is 8.24. The maximum atomic E-state index is 13.8. The molecule has 0 saturated carbocycles. The van der Waals surface area contributed by atoms with Crippen molar-refractivity contribution in [1.82, 2.24) is 15.1 Å². The van der Waals surface area contributed by atoms with E-state index in [1.54, 1.807) is 12.1 Å². The summed E-state index contributed by atoms with van der Waals surface area (Å²) in [4.78, 5) is 12.5. The molecule has 10 heteroatoms. The van der Waals surface area contributed by atoms with Crippen LogP contribution in [0.25, 0.3) is 0 Å². The summed E-state index contributed by atoms with van der Waals surface area (Å²) >= 11 is 0. The van der Waals surface area contributed by atoms with Crippen LogP contribution in [0.5, 0.6) is 0 Å². The number of aryl methyl sites for hydroxylation is 1. The molecule has 3 aromatic rings. The molecule has 1 aromatic heterocycles. The number of nitrogens with zero attached hydrogens (tertiary/aromatic N) is 2. The van der Waals surface area contributed by atoms with Gasteiger partial charge in [0.2, 0.25) is 5.91 Å². The zero-order valence-corrected chi connectivity index (χ0v) is 18.3. The molecular weight excluding hydrogens is 455 g/mol. The van der Waals surface area contributed by atoms with E-state index in [1.807, 2.05) is 19.1 Å². The molecule has 34 heavy (non-hydrogen) atoms. The van der Waals surface area contributed by atoms with Gasteiger partial charge >= 0.3 is 6.18 Å². The number of halogens is 5. The van der Waals surface area contributed by atoms with Crippen molar-refractivity contribution in [2.24, 2.45) is 0 Å². The van der Waals surface area contributed by atoms with Crippen molar-refractivity contribution in [3.8, 4) is 0 Å². The summed E-state index contributed by atoms with van der Waals surface area (Å²) < 4.78 is 69.2. The van der Waals surface area contributed by atoms with Gasteiger partial charge in [-0.2, -0.15) is 18.3 Å². The van der Waals surface area contributed by atoms with Crippen molar-refractivity contribution in [2.75, 3.05) is 5.32 Å². The van der Waals surface area contributed by atoms with E-state index in [-0.39, 0.29) is 30.8 Å². The van der Waals surface area contributed by atoms with Crippen molar-refractivity contribution >= 4 is 11.7 Å². The smallest absolute Gasteiger partial charge is 0.363 e. The Morgan fingerprint density at radius 3 is 2.53 bits per heavy atom. The number of carbonyl (C=O) groups is 1. The molecular formula is C24H23F5N4O. The first kappa shape index (κ1) is 23.7. The summed E-state index contributed by atoms with van der Waals surface area (Å²) in [5.41, 5.74) is 2.17. The van der Waals surface area contributed by atoms with Crippen LogP contribution < -0.4 is 10.6 Å². The van der Waals surface area contributed by atoms with Crippen LogP contribution in [-0.4, -0.2) is 21.9 Å². The Morgan fingerprint density at radius 1 is 1.15 bits per heavy atom. The zero-order chi connectivity index (χ0) is 24.5. The predicted octanol–water partition coefficient (Wildman–Crippen LogP) is 5.24. The van der Waals surface area contributed by atoms with E-state index >= 15 is 0 Å². The van der Waals surface area contributed by atoms with E-state index in [0.717, 1.165) is 22.7 Å². The lowest BCUT2D eigenvalue weighted by molar-refractivity contribution is -0.173. The van der Waals surface area contributed by atoms with Crippen LogP contribution in [0.1, 0.15) is 47.7 Å². The van der Waals surface area contributed by atoms with Gasteiger partial charge in [-0.3, -0.25) is 4.79 Å². The fourth-order valence-electron chi connectivity index (χ4n) is 4.04. The molecule has 0 fully saturated rings. The van der Waals surface area contributed by atoms with Gasteiger partial charge in [-0.25, -0.2) is 13.5 Å². The number of hydrogen-bond acceptors (Lipinski definition) is 3. The minimum absolute atomic E-state index is 0.0950. The van der Waals surface area contributed by atoms with E-state index in [1.165, 1.54) is 12.3 Å². The van der Waals surface area contributed by atoms with Crippen LogP contribution in [0.2, 0.25) is 0 Å². The zero-order valence-electron chi connectivity index (χ0n) is 18.3. The van der Waals surface area contributed by atoms with Gasteiger partial charge in [0.25, 0.3) is 0 Å². The number of benzene rings is 2. The molecule has 0 saturated heterocycles. The van der Waals surface area contributed by atoms with Crippen LogP contribution in [0, 0.1) is 11.6 Å². The number of nitrogens with one attached hydrogen (secondary N) is 2. The van der Waals surface area contributed by atoms with Gasteiger partial charge < -0.3 is 10.6 Å². The predicted molar refractivity (Wildman–Crippen MR) is 116 cm³/mol. The standard InChI is InChI=1S/C24H23F5N4O/c1-2-14-3-5-15(6-4-14)20-11-21(24(27,28)29)33-23(32-20)17(13-31-33)9-22(34)30-12-16-7-8-18(25)10-19(16)26/h3-8,10,13,20-21,32H,2,9,11-12H2,1H3,(H,30,34)/t20-,21+/m1/s1. The lowest BCUT2D eigenvalue weighted by Gasteiger charge is -2.34. The van der Waals surface area contributed by atoms with Gasteiger partial charge in [0.05, 0.1) is 18.7 Å². The summed E-state index contributed by atoms with van der Waals surface area (Å²) in [6.45, 7) is 1.81. The molecule has 0 radical (unpaired) electrons. The average Bonchev–Trinajstić information content (AvgIpc) is 3.19. The number of alkyl halides is 3. The average molecular weight is 478 g/mol. The lowest BCUT2D eigenvalue weighted by Crippen LogP contribution is -2.36. The van der Waals surface area contributed by atoms with E-state index in [9.17, 15) is 26.7 Å². The van der Waals surface area contributed by atoms with Crippen LogP contribution in [0.4, 0.5) is 27.8 Å². The Balaban J connectivity index is 1.53. The fraction of sp³-hybridized carbons (Fsp3) is 0.333. The first-order valence-corrected chi connectivity index (χ1v) is 10.8. The molecule has 4 rings (SSSR count). The van der Waals surface area contributed by atoms with Crippen LogP contribution in [-0.2, 0) is 24.2 Å². The minimum atomic E-state index is -4.52. The maximum absolute atomic E-state index is 13.8. The first-order valence-electron chi connectivity index (χ1n) is 10.8. The van der Waals surface area contributed by atoms with Gasteiger partial charge in [-0.15, -0.1) is 0 Å². The van der Waals surface area contributed by atoms with E-state index in [2.05, 4.69) is 15.7 Å². The highest BCUT2D eigenvalue weighted by atomic mass is 19.4. The van der Waals surface area contributed by atoms with Crippen molar-refractivity contribution in [3.63, 3.8) is 0 Å². The number of anilines is 1. The van der Waals surface area contributed by atoms with Crippen molar-refractivity contribution in [1.29, 1.82) is 0 Å². The quantitative estimate of drug-likeness (QED) is 0.477. The molecule has 2 N–H and O–H groups in total. The third kappa shape index (κ3) is 5.05. The number of rotatable bonds is 6. The first-order chi connectivity index (χ1) is 16.2. The summed E-state index contributed by atoms with van der Waals surface area (Å²) in [6.07, 6.45) is -2.96. The largest absolute Gasteiger partial charge is 0.410 e. The SMILES string of the molecule is CCc1ccc([C@H]2C[C@@H](C(F)(F)F)n3ncc(CC(=O)NCc4ccc(F)cc4F)c3N2)cc1. The molecule has 0 unspecified atom stereocenters. The highest BCUT2D eigenvalue weighted by molar-refractivity contribution is 5.80. The normalized spacial score (nSPS) is 17.7. The second-order valence-corrected chi connectivity index (χ2v) is 8.24. The molecule has 0 bridgehead atoms. The maximum Gasteiger partial charge on any atom is 0.410 e. The monoisotopic (exact) mass is 478 g/mol. The molecule has 2 aromatic carbocycles. The Bertz CT molecular complexity index is 1170. The van der Waals surface area contributed by atoms with Crippen molar-refractivity contribution < 1.29 is 26.7 Å². The van der Waals surface area contributed by atoms with Gasteiger partial charge in [-0.05, 0) is 23.6 Å². The van der Waals surface area contributed by atoms with Gasteiger partial charge in [0.1, 0.15) is 17.5 Å². The molecule has 2 heterocycles. The molecule has 0 spiro atoms. The van der Waals surface area contributed by atoms with Gasteiger partial charge in [0, 0.05) is 30.2 Å². The van der Waals surface area contributed by atoms with Crippen LogP contribution in [0.3, 0.4) is 0 Å². The van der Waals surface area contributed by atoms with E-state index in [4.69, 9.17) is 0 Å². The Labute approximate surface area is 193 Å². The number of amides is 1. The Kier molecular flexibility index (Phi) is 6.58. The molecule has 1 aliphatic rings. The summed E-state index contributed by atoms with van der Waals surface area (Å²) in [6, 6.07) is 7.93. The lowest BCUT2D eigenvalue weighted by atomic mass is 9.95. The summed E-state index contributed by atoms with van der Waals surface area (Å²) in [5, 5.41) is 9.54. The Hall–Kier alpha value is -3.43. The van der Waals surface area contributed by atoms with E-state index in [0.29, 0.717) is 17.2 Å². The second kappa shape index (κ2) is 9.44. The van der Waals surface area contributed by atoms with Crippen molar-refractivity contribution in [3.05, 3.63) is 82.5 Å². The highest BCUT2D eigenvalue weighted by Crippen LogP contribution is 2.44. The molecule has 2 atom stereocenters. The number of fused-ring (bicyclic) bond motifs is 1. The Morgan fingerprint density at radius 2 is 1.88 bits per heavy atom. The minimum Gasteiger partial charge on any atom is -0.363 e. The molecule has 5 nitrogen and oxygen atoms in total. The van der Waals surface area contributed by atoms with Crippen LogP contribution in [0.15, 0.2) is 48.7 Å². The molecule has 1 amide bonds. The van der Waals surface area contributed by atoms with Crippen LogP contribution >= 0.6 is 0 Å². The summed E-state index contributed by atoms with van der Waals surface area (Å²) in [7, 11) is 0. The topological polar surface area (TPSA) is 59.0 Å². The van der Waals surface area contributed by atoms with Gasteiger partial charge in [0.15, 0.2) is 6.04 Å². The molecule has 180 valence electrons. The third-order valence-corrected chi connectivity index (χ3v) is 5.95. The van der Waals surface area contributed by atoms with E-state index < -0.39 is 35.8 Å². The van der Waals surface area contributed by atoms with Gasteiger partial charge in [-0.1, -0.05) is 37.3 Å². The third-order valence-electron chi connectivity index (χ3n) is 5.95. The highest BCUT2D eigenvalue weighted by Gasteiger charge is 2.46. The molecule has 0 aliphatic carbocycles. The fourth-order valence-corrected chi connectivity index (χ4v) is 4.04. The number of hydrogen-bond donors (Lipinski definition) is 2. The summed E-state index contributed by atoms with van der Waals surface area (Å²) in [5.74, 6) is -1.93.